The number of carbonyl (C=O) groups excluding carboxylic acids is 1. The van der Waals surface area contributed by atoms with Crippen LogP contribution in [0.3, 0.4) is 0 Å². The molecule has 1 unspecified atom stereocenters. The van der Waals surface area contributed by atoms with Gasteiger partial charge in [-0.05, 0) is 32.9 Å². The Morgan fingerprint density at radius 3 is 2.81 bits per heavy atom. The van der Waals surface area contributed by atoms with Gasteiger partial charge in [-0.1, -0.05) is 23.2 Å². The van der Waals surface area contributed by atoms with Crippen LogP contribution in [-0.4, -0.2) is 24.7 Å². The minimum atomic E-state index is -0.487. The fraction of sp³-hybridized carbons (Fsp3) is 0.533. The smallest absolute Gasteiger partial charge is 0.320 e. The zero-order chi connectivity index (χ0) is 15.6. The van der Waals surface area contributed by atoms with Crippen LogP contribution in [0.15, 0.2) is 12.1 Å². The van der Waals surface area contributed by atoms with E-state index in [9.17, 15) is 4.79 Å². The Bertz CT molecular complexity index is 540. The van der Waals surface area contributed by atoms with E-state index in [4.69, 9.17) is 32.7 Å². The van der Waals surface area contributed by atoms with Gasteiger partial charge in [-0.15, -0.1) is 0 Å². The number of hydrogen-bond donors (Lipinski definition) is 1. The van der Waals surface area contributed by atoms with Crippen molar-refractivity contribution in [3.63, 3.8) is 0 Å². The van der Waals surface area contributed by atoms with Crippen molar-refractivity contribution in [3.05, 3.63) is 27.7 Å². The van der Waals surface area contributed by atoms with Gasteiger partial charge in [-0.2, -0.15) is 0 Å². The van der Waals surface area contributed by atoms with Crippen molar-refractivity contribution in [2.24, 2.45) is 0 Å². The maximum Gasteiger partial charge on any atom is 0.320 e. The summed E-state index contributed by atoms with van der Waals surface area (Å²) >= 11 is 12.2. The Kier molecular flexibility index (Phi) is 5.02. The molecule has 1 N–H and O–H groups in total. The van der Waals surface area contributed by atoms with Gasteiger partial charge in [0.15, 0.2) is 0 Å². The molecule has 1 heterocycles. The molecule has 1 aliphatic rings. The lowest BCUT2D eigenvalue weighted by molar-refractivity contribution is -0.153. The molecule has 0 saturated carbocycles. The molecule has 0 saturated heterocycles. The summed E-state index contributed by atoms with van der Waals surface area (Å²) in [5, 5.41) is 4.22. The number of hydrogen-bond acceptors (Lipinski definition) is 4. The molecule has 0 aliphatic carbocycles. The van der Waals surface area contributed by atoms with E-state index in [1.807, 2.05) is 26.8 Å². The first-order valence-corrected chi connectivity index (χ1v) is 7.59. The average molecular weight is 332 g/mol. The normalized spacial score (nSPS) is 17.9. The Morgan fingerprint density at radius 2 is 2.14 bits per heavy atom. The standard InChI is InChI=1S/C15H19Cl2NO3/c1-15(2,3)21-13(19)8-18-12-4-5-20-14-10(12)6-9(16)7-11(14)17/h6-7,12,18H,4-5,8H2,1-3H3. The van der Waals surface area contributed by atoms with Gasteiger partial charge in [0.1, 0.15) is 11.4 Å². The first-order chi connectivity index (χ1) is 9.76. The van der Waals surface area contributed by atoms with E-state index in [1.54, 1.807) is 6.07 Å². The van der Waals surface area contributed by atoms with Gasteiger partial charge in [0, 0.05) is 23.0 Å². The lowest BCUT2D eigenvalue weighted by atomic mass is 10.0. The molecule has 0 amide bonds. The van der Waals surface area contributed by atoms with Crippen molar-refractivity contribution < 1.29 is 14.3 Å². The molecule has 2 rings (SSSR count). The zero-order valence-corrected chi connectivity index (χ0v) is 13.8. The van der Waals surface area contributed by atoms with E-state index >= 15 is 0 Å². The molecule has 21 heavy (non-hydrogen) atoms. The van der Waals surface area contributed by atoms with Crippen LogP contribution >= 0.6 is 23.2 Å². The third-order valence-corrected chi connectivity index (χ3v) is 3.48. The summed E-state index contributed by atoms with van der Waals surface area (Å²) in [4.78, 5) is 11.8. The molecule has 116 valence electrons. The largest absolute Gasteiger partial charge is 0.492 e. The number of carbonyl (C=O) groups is 1. The van der Waals surface area contributed by atoms with E-state index in [2.05, 4.69) is 5.32 Å². The Labute approximate surface area is 134 Å². The summed E-state index contributed by atoms with van der Waals surface area (Å²) in [5.41, 5.74) is 0.390. The highest BCUT2D eigenvalue weighted by Crippen LogP contribution is 2.39. The molecular weight excluding hydrogens is 313 g/mol. The number of fused-ring (bicyclic) bond motifs is 1. The monoisotopic (exact) mass is 331 g/mol. The molecular formula is C15H19Cl2NO3. The van der Waals surface area contributed by atoms with Crippen molar-refractivity contribution in [2.45, 2.75) is 38.8 Å². The molecule has 0 spiro atoms. The fourth-order valence-electron chi connectivity index (χ4n) is 2.22. The number of ether oxygens (including phenoxy) is 2. The van der Waals surface area contributed by atoms with Gasteiger partial charge in [-0.25, -0.2) is 0 Å². The van der Waals surface area contributed by atoms with Crippen molar-refractivity contribution in [3.8, 4) is 5.75 Å². The van der Waals surface area contributed by atoms with Crippen molar-refractivity contribution in [1.29, 1.82) is 0 Å². The van der Waals surface area contributed by atoms with Gasteiger partial charge in [0.2, 0.25) is 0 Å². The Morgan fingerprint density at radius 1 is 1.43 bits per heavy atom. The van der Waals surface area contributed by atoms with E-state index in [0.717, 1.165) is 12.0 Å². The second-order valence-electron chi connectivity index (χ2n) is 5.96. The SMILES string of the molecule is CC(C)(C)OC(=O)CNC1CCOc2c(Cl)cc(Cl)cc21. The molecule has 1 aromatic carbocycles. The molecule has 0 radical (unpaired) electrons. The third-order valence-electron chi connectivity index (χ3n) is 2.98. The van der Waals surface area contributed by atoms with Crippen molar-refractivity contribution in [1.82, 2.24) is 5.32 Å². The average Bonchev–Trinajstić information content (AvgIpc) is 2.34. The van der Waals surface area contributed by atoms with E-state index < -0.39 is 5.60 Å². The predicted octanol–water partition coefficient (Wildman–Crippen LogP) is 3.75. The number of esters is 1. The maximum atomic E-state index is 11.8. The minimum absolute atomic E-state index is 0.0301. The highest BCUT2D eigenvalue weighted by atomic mass is 35.5. The van der Waals surface area contributed by atoms with Gasteiger partial charge < -0.3 is 9.47 Å². The van der Waals surface area contributed by atoms with Crippen LogP contribution in [0.1, 0.15) is 38.8 Å². The predicted molar refractivity (Wildman–Crippen MR) is 83.2 cm³/mol. The molecule has 0 aromatic heterocycles. The van der Waals surface area contributed by atoms with Crippen LogP contribution in [-0.2, 0) is 9.53 Å². The second-order valence-corrected chi connectivity index (χ2v) is 6.81. The summed E-state index contributed by atoms with van der Waals surface area (Å²) in [6.07, 6.45) is 0.743. The van der Waals surface area contributed by atoms with E-state index in [0.29, 0.717) is 22.4 Å². The highest BCUT2D eigenvalue weighted by molar-refractivity contribution is 6.35. The fourth-order valence-corrected chi connectivity index (χ4v) is 2.79. The molecule has 0 bridgehead atoms. The van der Waals surface area contributed by atoms with Crippen molar-refractivity contribution >= 4 is 29.2 Å². The zero-order valence-electron chi connectivity index (χ0n) is 12.3. The third kappa shape index (κ3) is 4.50. The van der Waals surface area contributed by atoms with Gasteiger partial charge in [0.05, 0.1) is 18.2 Å². The molecule has 4 nitrogen and oxygen atoms in total. The summed E-state index contributed by atoms with van der Waals surface area (Å²) in [6, 6.07) is 3.44. The van der Waals surface area contributed by atoms with Crippen LogP contribution in [0.5, 0.6) is 5.75 Å². The molecule has 0 fully saturated rings. The first-order valence-electron chi connectivity index (χ1n) is 6.83. The van der Waals surface area contributed by atoms with Crippen LogP contribution in [0.4, 0.5) is 0 Å². The Balaban J connectivity index is 2.05. The molecule has 1 aromatic rings. The topological polar surface area (TPSA) is 47.6 Å². The van der Waals surface area contributed by atoms with E-state index in [-0.39, 0.29) is 18.6 Å². The number of rotatable bonds is 3. The lowest BCUT2D eigenvalue weighted by Crippen LogP contribution is -2.35. The summed E-state index contributed by atoms with van der Waals surface area (Å²) in [7, 11) is 0. The van der Waals surface area contributed by atoms with E-state index in [1.165, 1.54) is 0 Å². The number of benzene rings is 1. The van der Waals surface area contributed by atoms with Gasteiger partial charge >= 0.3 is 5.97 Å². The first kappa shape index (κ1) is 16.4. The van der Waals surface area contributed by atoms with Crippen LogP contribution in [0.25, 0.3) is 0 Å². The highest BCUT2D eigenvalue weighted by Gasteiger charge is 2.25. The quantitative estimate of drug-likeness (QED) is 0.857. The van der Waals surface area contributed by atoms with Gasteiger partial charge in [0.25, 0.3) is 0 Å². The number of halogens is 2. The maximum absolute atomic E-state index is 11.8. The number of nitrogens with one attached hydrogen (secondary N) is 1. The summed E-state index contributed by atoms with van der Waals surface area (Å²) in [6.45, 7) is 6.20. The Hall–Kier alpha value is -0.970. The van der Waals surface area contributed by atoms with Crippen LogP contribution in [0.2, 0.25) is 10.0 Å². The molecule has 1 atom stereocenters. The lowest BCUT2D eigenvalue weighted by Gasteiger charge is -2.28. The molecule has 1 aliphatic heterocycles. The van der Waals surface area contributed by atoms with Crippen molar-refractivity contribution in [2.75, 3.05) is 13.2 Å². The van der Waals surface area contributed by atoms with Crippen LogP contribution < -0.4 is 10.1 Å². The van der Waals surface area contributed by atoms with Gasteiger partial charge in [-0.3, -0.25) is 10.1 Å². The summed E-state index contributed by atoms with van der Waals surface area (Å²) in [5.74, 6) is 0.345. The summed E-state index contributed by atoms with van der Waals surface area (Å²) < 4.78 is 10.9. The minimum Gasteiger partial charge on any atom is -0.492 e. The van der Waals surface area contributed by atoms with Crippen LogP contribution in [0, 0.1) is 0 Å². The molecule has 6 heteroatoms. The second kappa shape index (κ2) is 6.42.